The lowest BCUT2D eigenvalue weighted by atomic mass is 10.2. The molecule has 1 rings (SSSR count). The summed E-state index contributed by atoms with van der Waals surface area (Å²) in [5.41, 5.74) is 1.44. The predicted molar refractivity (Wildman–Crippen MR) is 61.0 cm³/mol. The molecule has 4 heteroatoms. The summed E-state index contributed by atoms with van der Waals surface area (Å²) in [6, 6.07) is 1.73. The Morgan fingerprint density at radius 1 is 1.47 bits per heavy atom. The highest BCUT2D eigenvalue weighted by Gasteiger charge is 2.09. The zero-order chi connectivity index (χ0) is 11.1. The number of pyridine rings is 1. The number of carbonyl (C=O) groups excluding carboxylic acids is 1. The highest BCUT2D eigenvalue weighted by molar-refractivity contribution is 5.99. The monoisotopic (exact) mass is 207 g/mol. The van der Waals surface area contributed by atoms with Crippen molar-refractivity contribution in [2.24, 2.45) is 0 Å². The van der Waals surface area contributed by atoms with Gasteiger partial charge in [-0.2, -0.15) is 0 Å². The molecular formula is C11H17N3O. The van der Waals surface area contributed by atoms with Crippen molar-refractivity contribution in [3.63, 3.8) is 0 Å². The van der Waals surface area contributed by atoms with Gasteiger partial charge in [0.2, 0.25) is 0 Å². The Hall–Kier alpha value is -1.58. The van der Waals surface area contributed by atoms with E-state index in [1.807, 2.05) is 13.8 Å². The maximum atomic E-state index is 11.7. The number of nitrogens with one attached hydrogen (secondary N) is 2. The predicted octanol–water partition coefficient (Wildman–Crippen LogP) is 1.65. The topological polar surface area (TPSA) is 54.0 Å². The molecule has 4 nitrogen and oxygen atoms in total. The van der Waals surface area contributed by atoms with Gasteiger partial charge in [-0.1, -0.05) is 6.92 Å². The van der Waals surface area contributed by atoms with E-state index in [-0.39, 0.29) is 5.91 Å². The van der Waals surface area contributed by atoms with Crippen molar-refractivity contribution in [2.75, 3.05) is 18.4 Å². The van der Waals surface area contributed by atoms with Crippen molar-refractivity contribution < 1.29 is 4.79 Å². The molecule has 0 atom stereocenters. The van der Waals surface area contributed by atoms with E-state index in [9.17, 15) is 4.79 Å². The van der Waals surface area contributed by atoms with Crippen molar-refractivity contribution in [3.8, 4) is 0 Å². The van der Waals surface area contributed by atoms with Crippen LogP contribution in [0.25, 0.3) is 0 Å². The lowest BCUT2D eigenvalue weighted by Crippen LogP contribution is -2.25. The van der Waals surface area contributed by atoms with Gasteiger partial charge >= 0.3 is 0 Å². The molecule has 1 aromatic rings. The molecule has 1 heterocycles. The fraction of sp³-hybridized carbons (Fsp3) is 0.455. The van der Waals surface area contributed by atoms with Gasteiger partial charge in [0.05, 0.1) is 17.4 Å². The molecule has 0 fully saturated rings. The second kappa shape index (κ2) is 6.01. The summed E-state index contributed by atoms with van der Waals surface area (Å²) in [6.07, 6.45) is 4.24. The van der Waals surface area contributed by atoms with Crippen molar-refractivity contribution in [1.82, 2.24) is 10.3 Å². The lowest BCUT2D eigenvalue weighted by Gasteiger charge is -2.09. The summed E-state index contributed by atoms with van der Waals surface area (Å²) >= 11 is 0. The van der Waals surface area contributed by atoms with Crippen LogP contribution in [0.3, 0.4) is 0 Å². The second-order valence-electron chi connectivity index (χ2n) is 3.21. The van der Waals surface area contributed by atoms with E-state index < -0.39 is 0 Å². The van der Waals surface area contributed by atoms with Crippen LogP contribution in [0.5, 0.6) is 0 Å². The van der Waals surface area contributed by atoms with E-state index in [1.54, 1.807) is 18.5 Å². The molecule has 0 aromatic carbocycles. The smallest absolute Gasteiger partial charge is 0.253 e. The van der Waals surface area contributed by atoms with Gasteiger partial charge in [0, 0.05) is 19.3 Å². The Bertz CT molecular complexity index is 325. The van der Waals surface area contributed by atoms with Gasteiger partial charge in [-0.15, -0.1) is 0 Å². The highest BCUT2D eigenvalue weighted by atomic mass is 16.1. The molecule has 0 aliphatic carbocycles. The van der Waals surface area contributed by atoms with Crippen molar-refractivity contribution in [1.29, 1.82) is 0 Å². The molecule has 0 bridgehead atoms. The number of aromatic nitrogens is 1. The molecule has 0 saturated heterocycles. The third-order valence-corrected chi connectivity index (χ3v) is 1.97. The molecule has 15 heavy (non-hydrogen) atoms. The number of hydrogen-bond acceptors (Lipinski definition) is 3. The molecule has 1 aromatic heterocycles. The summed E-state index contributed by atoms with van der Waals surface area (Å²) in [4.78, 5) is 15.7. The Morgan fingerprint density at radius 3 is 2.93 bits per heavy atom. The molecular weight excluding hydrogens is 190 g/mol. The quantitative estimate of drug-likeness (QED) is 0.772. The molecule has 0 radical (unpaired) electrons. The standard InChI is InChI=1S/C11H17N3O/c1-3-6-14-11(15)9-5-7-12-8-10(9)13-4-2/h5,7-8,13H,3-4,6H2,1-2H3,(H,14,15). The number of anilines is 1. The Kier molecular flexibility index (Phi) is 4.60. The molecule has 0 aliphatic heterocycles. The van der Waals surface area contributed by atoms with Crippen molar-refractivity contribution >= 4 is 11.6 Å². The van der Waals surface area contributed by atoms with Crippen LogP contribution >= 0.6 is 0 Å². The Balaban J connectivity index is 2.77. The average molecular weight is 207 g/mol. The summed E-state index contributed by atoms with van der Waals surface area (Å²) in [7, 11) is 0. The van der Waals surface area contributed by atoms with Crippen LogP contribution in [0.4, 0.5) is 5.69 Å². The summed E-state index contributed by atoms with van der Waals surface area (Å²) in [6.45, 7) is 5.49. The average Bonchev–Trinajstić information content (AvgIpc) is 2.27. The van der Waals surface area contributed by atoms with Crippen LogP contribution in [-0.4, -0.2) is 24.0 Å². The Morgan fingerprint density at radius 2 is 2.27 bits per heavy atom. The van der Waals surface area contributed by atoms with Crippen LogP contribution in [0.2, 0.25) is 0 Å². The van der Waals surface area contributed by atoms with Gasteiger partial charge in [-0.25, -0.2) is 0 Å². The number of carbonyl (C=O) groups is 1. The first-order valence-corrected chi connectivity index (χ1v) is 5.25. The maximum absolute atomic E-state index is 11.7. The molecule has 0 spiro atoms. The molecule has 2 N–H and O–H groups in total. The van der Waals surface area contributed by atoms with E-state index in [4.69, 9.17) is 0 Å². The first-order chi connectivity index (χ1) is 7.29. The maximum Gasteiger partial charge on any atom is 0.253 e. The van der Waals surface area contributed by atoms with E-state index >= 15 is 0 Å². The molecule has 0 unspecified atom stereocenters. The van der Waals surface area contributed by atoms with Gasteiger partial charge in [0.25, 0.3) is 5.91 Å². The minimum Gasteiger partial charge on any atom is -0.383 e. The number of rotatable bonds is 5. The van der Waals surface area contributed by atoms with Crippen LogP contribution in [0, 0.1) is 0 Å². The SMILES string of the molecule is CCCNC(=O)c1ccncc1NCC. The summed E-state index contributed by atoms with van der Waals surface area (Å²) in [5, 5.41) is 5.95. The first-order valence-electron chi connectivity index (χ1n) is 5.25. The molecule has 0 saturated carbocycles. The minimum atomic E-state index is -0.0461. The second-order valence-corrected chi connectivity index (χ2v) is 3.21. The summed E-state index contributed by atoms with van der Waals surface area (Å²) in [5.74, 6) is -0.0461. The number of nitrogens with zero attached hydrogens (tertiary/aromatic N) is 1. The molecule has 0 aliphatic rings. The highest BCUT2D eigenvalue weighted by Crippen LogP contribution is 2.12. The zero-order valence-corrected chi connectivity index (χ0v) is 9.21. The van der Waals surface area contributed by atoms with Crippen molar-refractivity contribution in [2.45, 2.75) is 20.3 Å². The lowest BCUT2D eigenvalue weighted by molar-refractivity contribution is 0.0954. The fourth-order valence-corrected chi connectivity index (χ4v) is 1.26. The molecule has 82 valence electrons. The zero-order valence-electron chi connectivity index (χ0n) is 9.21. The minimum absolute atomic E-state index is 0.0461. The van der Waals surface area contributed by atoms with Crippen LogP contribution < -0.4 is 10.6 Å². The number of amides is 1. The number of hydrogen-bond donors (Lipinski definition) is 2. The van der Waals surface area contributed by atoms with Crippen LogP contribution in [0.1, 0.15) is 30.6 Å². The van der Waals surface area contributed by atoms with Gasteiger partial charge in [-0.3, -0.25) is 9.78 Å². The Labute approximate surface area is 90.1 Å². The summed E-state index contributed by atoms with van der Waals surface area (Å²) < 4.78 is 0. The largest absolute Gasteiger partial charge is 0.383 e. The van der Waals surface area contributed by atoms with E-state index in [1.165, 1.54) is 0 Å². The van der Waals surface area contributed by atoms with Gasteiger partial charge in [0.15, 0.2) is 0 Å². The molecule has 1 amide bonds. The van der Waals surface area contributed by atoms with E-state index in [0.29, 0.717) is 12.1 Å². The third kappa shape index (κ3) is 3.23. The van der Waals surface area contributed by atoms with Crippen LogP contribution in [0.15, 0.2) is 18.5 Å². The van der Waals surface area contributed by atoms with E-state index in [2.05, 4.69) is 15.6 Å². The van der Waals surface area contributed by atoms with E-state index in [0.717, 1.165) is 18.7 Å². The third-order valence-electron chi connectivity index (χ3n) is 1.97. The van der Waals surface area contributed by atoms with Gasteiger partial charge in [0.1, 0.15) is 0 Å². The fourth-order valence-electron chi connectivity index (χ4n) is 1.26. The van der Waals surface area contributed by atoms with Gasteiger partial charge < -0.3 is 10.6 Å². The van der Waals surface area contributed by atoms with Gasteiger partial charge in [-0.05, 0) is 19.4 Å². The van der Waals surface area contributed by atoms with Crippen molar-refractivity contribution in [3.05, 3.63) is 24.0 Å². The first kappa shape index (κ1) is 11.5. The van der Waals surface area contributed by atoms with Crippen LogP contribution in [-0.2, 0) is 0 Å². The normalized spacial score (nSPS) is 9.73.